The summed E-state index contributed by atoms with van der Waals surface area (Å²) >= 11 is 0. The van der Waals surface area contributed by atoms with Crippen molar-refractivity contribution in [2.24, 2.45) is 0 Å². The molecule has 0 aromatic carbocycles. The second kappa shape index (κ2) is 8.21. The van der Waals surface area contributed by atoms with Gasteiger partial charge in [0.15, 0.2) is 11.9 Å². The van der Waals surface area contributed by atoms with Crippen LogP contribution in [0.25, 0.3) is 0 Å². The molecule has 0 radical (unpaired) electrons. The Morgan fingerprint density at radius 1 is 1.00 bits per heavy atom. The second-order valence-electron chi connectivity index (χ2n) is 7.48. The molecule has 0 N–H and O–H groups in total. The van der Waals surface area contributed by atoms with Crippen LogP contribution in [0.2, 0.25) is 0 Å². The number of ether oxygens (including phenoxy) is 2. The second-order valence-corrected chi connectivity index (χ2v) is 7.48. The Morgan fingerprint density at radius 3 is 2.29 bits per heavy atom. The number of aromatic nitrogens is 3. The van der Waals surface area contributed by atoms with E-state index < -0.39 is 29.8 Å². The Labute approximate surface area is 173 Å². The van der Waals surface area contributed by atoms with Crippen LogP contribution in [0.5, 0.6) is 5.88 Å². The average molecular weight is 450 g/mol. The highest BCUT2D eigenvalue weighted by molar-refractivity contribution is 5.40. The summed E-state index contributed by atoms with van der Waals surface area (Å²) in [6.07, 6.45) is -6.99. The molecule has 4 heterocycles. The van der Waals surface area contributed by atoms with Crippen molar-refractivity contribution in [2.45, 2.75) is 50.4 Å². The summed E-state index contributed by atoms with van der Waals surface area (Å²) in [6, 6.07) is 3.17. The minimum Gasteiger partial charge on any atom is -0.474 e. The molecule has 0 amide bonds. The van der Waals surface area contributed by atoms with E-state index in [1.807, 2.05) is 4.90 Å². The summed E-state index contributed by atoms with van der Waals surface area (Å²) < 4.78 is 89.9. The van der Waals surface area contributed by atoms with Crippen LogP contribution in [0, 0.1) is 0 Å². The summed E-state index contributed by atoms with van der Waals surface area (Å²) in [6.45, 7) is 1.34. The van der Waals surface area contributed by atoms with E-state index in [-0.39, 0.29) is 12.0 Å². The molecule has 2 aromatic rings. The first-order chi connectivity index (χ1) is 14.6. The maximum Gasteiger partial charge on any atom is 0.435 e. The lowest BCUT2D eigenvalue weighted by Crippen LogP contribution is -2.39. The van der Waals surface area contributed by atoms with E-state index in [4.69, 9.17) is 9.47 Å². The normalized spacial score (nSPS) is 21.0. The molecule has 4 rings (SSSR count). The fraction of sp³-hybridized carbons (Fsp3) is 0.579. The van der Waals surface area contributed by atoms with Crippen LogP contribution in [0.15, 0.2) is 24.4 Å². The zero-order chi connectivity index (χ0) is 22.2. The third-order valence-electron chi connectivity index (χ3n) is 5.30. The van der Waals surface area contributed by atoms with Gasteiger partial charge in [-0.15, -0.1) is 0 Å². The SMILES string of the molecule is FC(F)(F)c1ccc(N2CCC(Oc3cc(C(F)(F)F)nn3C3CCCO3)CC2)nc1. The summed E-state index contributed by atoms with van der Waals surface area (Å²) in [7, 11) is 0. The lowest BCUT2D eigenvalue weighted by molar-refractivity contribution is -0.142. The van der Waals surface area contributed by atoms with Gasteiger partial charge in [0, 0.05) is 44.8 Å². The predicted octanol–water partition coefficient (Wildman–Crippen LogP) is 4.67. The van der Waals surface area contributed by atoms with E-state index in [0.717, 1.165) is 29.4 Å². The fourth-order valence-corrected chi connectivity index (χ4v) is 3.68. The van der Waals surface area contributed by atoms with E-state index in [1.165, 1.54) is 6.07 Å². The van der Waals surface area contributed by atoms with Gasteiger partial charge >= 0.3 is 12.4 Å². The Hall–Kier alpha value is -2.50. The monoisotopic (exact) mass is 450 g/mol. The number of pyridine rings is 1. The molecule has 2 aromatic heterocycles. The summed E-state index contributed by atoms with van der Waals surface area (Å²) in [4.78, 5) is 5.70. The first-order valence-electron chi connectivity index (χ1n) is 9.84. The molecule has 2 aliphatic heterocycles. The summed E-state index contributed by atoms with van der Waals surface area (Å²) in [5, 5.41) is 3.65. The largest absolute Gasteiger partial charge is 0.474 e. The molecular weight excluding hydrogens is 430 g/mol. The molecule has 12 heteroatoms. The maximum absolute atomic E-state index is 13.1. The Balaban J connectivity index is 1.41. The zero-order valence-electron chi connectivity index (χ0n) is 16.3. The minimum absolute atomic E-state index is 0.00494. The van der Waals surface area contributed by atoms with Crippen LogP contribution in [-0.2, 0) is 17.1 Å². The van der Waals surface area contributed by atoms with Crippen LogP contribution >= 0.6 is 0 Å². The number of hydrogen-bond acceptors (Lipinski definition) is 5. The summed E-state index contributed by atoms with van der Waals surface area (Å²) in [5.74, 6) is 0.417. The fourth-order valence-electron chi connectivity index (χ4n) is 3.68. The van der Waals surface area contributed by atoms with E-state index >= 15 is 0 Å². The quantitative estimate of drug-likeness (QED) is 0.634. The Bertz CT molecular complexity index is 882. The van der Waals surface area contributed by atoms with Crippen molar-refractivity contribution in [3.63, 3.8) is 0 Å². The maximum atomic E-state index is 13.1. The Morgan fingerprint density at radius 2 is 1.74 bits per heavy atom. The van der Waals surface area contributed by atoms with Gasteiger partial charge in [-0.25, -0.2) is 9.67 Å². The van der Waals surface area contributed by atoms with Gasteiger partial charge in [0.05, 0.1) is 5.56 Å². The summed E-state index contributed by atoms with van der Waals surface area (Å²) in [5.41, 5.74) is -1.86. The number of rotatable bonds is 4. The molecule has 170 valence electrons. The number of nitrogens with zero attached hydrogens (tertiary/aromatic N) is 4. The lowest BCUT2D eigenvalue weighted by atomic mass is 10.1. The van der Waals surface area contributed by atoms with E-state index in [1.54, 1.807) is 0 Å². The number of hydrogen-bond donors (Lipinski definition) is 0. The zero-order valence-corrected chi connectivity index (χ0v) is 16.3. The molecule has 0 bridgehead atoms. The average Bonchev–Trinajstić information content (AvgIpc) is 3.37. The number of alkyl halides is 6. The van der Waals surface area contributed by atoms with E-state index in [2.05, 4.69) is 10.1 Å². The third kappa shape index (κ3) is 4.89. The smallest absolute Gasteiger partial charge is 0.435 e. The predicted molar refractivity (Wildman–Crippen MR) is 96.6 cm³/mol. The Kier molecular flexibility index (Phi) is 5.75. The van der Waals surface area contributed by atoms with Gasteiger partial charge in [0.1, 0.15) is 11.9 Å². The molecule has 2 aliphatic rings. The minimum atomic E-state index is -4.60. The standard InChI is InChI=1S/C19H20F6N4O2/c20-18(21,22)12-3-4-15(26-11-12)28-7-5-13(6-8-28)31-17-10-14(19(23,24)25)27-29(17)16-2-1-9-30-16/h3-4,10-11,13,16H,1-2,5-9H2. The molecule has 6 nitrogen and oxygen atoms in total. The van der Waals surface area contributed by atoms with Gasteiger partial charge in [0.25, 0.3) is 0 Å². The molecule has 0 spiro atoms. The van der Waals surface area contributed by atoms with Crippen molar-refractivity contribution in [3.8, 4) is 5.88 Å². The first kappa shape index (κ1) is 21.7. The molecule has 2 fully saturated rings. The number of piperidine rings is 1. The van der Waals surface area contributed by atoms with Crippen molar-refractivity contribution >= 4 is 5.82 Å². The van der Waals surface area contributed by atoms with Crippen molar-refractivity contribution in [3.05, 3.63) is 35.7 Å². The highest BCUT2D eigenvalue weighted by atomic mass is 19.4. The van der Waals surface area contributed by atoms with Crippen molar-refractivity contribution in [2.75, 3.05) is 24.6 Å². The molecule has 1 atom stereocenters. The molecule has 31 heavy (non-hydrogen) atoms. The van der Waals surface area contributed by atoms with Gasteiger partial charge in [-0.3, -0.25) is 0 Å². The van der Waals surface area contributed by atoms with E-state index in [9.17, 15) is 26.3 Å². The molecule has 2 saturated heterocycles. The van der Waals surface area contributed by atoms with Gasteiger partial charge in [0.2, 0.25) is 5.88 Å². The van der Waals surface area contributed by atoms with Crippen LogP contribution in [0.3, 0.4) is 0 Å². The molecule has 1 unspecified atom stereocenters. The van der Waals surface area contributed by atoms with E-state index in [0.29, 0.717) is 44.8 Å². The van der Waals surface area contributed by atoms with Crippen LogP contribution in [-0.4, -0.2) is 40.6 Å². The molecule has 0 aliphatic carbocycles. The van der Waals surface area contributed by atoms with Crippen molar-refractivity contribution in [1.82, 2.24) is 14.8 Å². The lowest BCUT2D eigenvalue weighted by Gasteiger charge is -2.33. The number of halogens is 6. The van der Waals surface area contributed by atoms with Crippen LogP contribution < -0.4 is 9.64 Å². The van der Waals surface area contributed by atoms with Crippen LogP contribution in [0.4, 0.5) is 32.2 Å². The molecular formula is C19H20F6N4O2. The topological polar surface area (TPSA) is 52.4 Å². The van der Waals surface area contributed by atoms with Crippen LogP contribution in [0.1, 0.15) is 43.2 Å². The van der Waals surface area contributed by atoms with Gasteiger partial charge in [-0.05, 0) is 25.0 Å². The first-order valence-corrected chi connectivity index (χ1v) is 9.84. The number of anilines is 1. The van der Waals surface area contributed by atoms with Crippen molar-refractivity contribution < 1.29 is 35.8 Å². The third-order valence-corrected chi connectivity index (χ3v) is 5.30. The highest BCUT2D eigenvalue weighted by Crippen LogP contribution is 2.36. The van der Waals surface area contributed by atoms with Crippen molar-refractivity contribution in [1.29, 1.82) is 0 Å². The highest BCUT2D eigenvalue weighted by Gasteiger charge is 2.37. The van der Waals surface area contributed by atoms with Gasteiger partial charge < -0.3 is 14.4 Å². The van der Waals surface area contributed by atoms with Gasteiger partial charge in [-0.1, -0.05) is 0 Å². The molecule has 0 saturated carbocycles. The van der Waals surface area contributed by atoms with Gasteiger partial charge in [-0.2, -0.15) is 31.4 Å².